The molecule has 5 heteroatoms. The Labute approximate surface area is 122 Å². The van der Waals surface area contributed by atoms with E-state index in [1.807, 2.05) is 24.3 Å². The van der Waals surface area contributed by atoms with Crippen molar-refractivity contribution in [3.8, 4) is 0 Å². The minimum Gasteiger partial charge on any atom is -0.481 e. The maximum atomic E-state index is 10.6. The monoisotopic (exact) mass is 290 g/mol. The number of aryl methyl sites for hydroxylation is 2. The van der Waals surface area contributed by atoms with E-state index >= 15 is 0 Å². The third-order valence-corrected chi connectivity index (χ3v) is 3.97. The highest BCUT2D eigenvalue weighted by atomic mass is 32.1. The molecule has 0 bridgehead atoms. The molecule has 0 fully saturated rings. The maximum absolute atomic E-state index is 10.6. The lowest BCUT2D eigenvalue weighted by molar-refractivity contribution is -0.136. The van der Waals surface area contributed by atoms with Crippen molar-refractivity contribution < 1.29 is 9.90 Å². The van der Waals surface area contributed by atoms with Crippen LogP contribution in [0.1, 0.15) is 29.6 Å². The van der Waals surface area contributed by atoms with E-state index in [1.165, 1.54) is 0 Å². The summed E-state index contributed by atoms with van der Waals surface area (Å²) in [5, 5.41) is 15.2. The number of anilines is 1. The zero-order valence-electron chi connectivity index (χ0n) is 11.4. The Morgan fingerprint density at radius 2 is 2.30 bits per heavy atom. The molecule has 0 amide bonds. The molecule has 1 aromatic carbocycles. The van der Waals surface area contributed by atoms with Crippen LogP contribution in [0.3, 0.4) is 0 Å². The van der Waals surface area contributed by atoms with Crippen LogP contribution in [-0.2, 0) is 24.2 Å². The van der Waals surface area contributed by atoms with Crippen LogP contribution in [0.2, 0.25) is 0 Å². The van der Waals surface area contributed by atoms with Gasteiger partial charge in [-0.15, -0.1) is 11.3 Å². The number of nitrogens with zero attached hydrogens (tertiary/aromatic N) is 1. The van der Waals surface area contributed by atoms with E-state index in [-0.39, 0.29) is 6.42 Å². The molecule has 2 N–H and O–H groups in total. The van der Waals surface area contributed by atoms with Crippen molar-refractivity contribution in [2.24, 2.45) is 0 Å². The molecule has 1 aromatic heterocycles. The summed E-state index contributed by atoms with van der Waals surface area (Å²) in [5.74, 6) is -0.766. The van der Waals surface area contributed by atoms with E-state index in [2.05, 4.69) is 22.6 Å². The minimum atomic E-state index is -0.766. The first-order valence-corrected chi connectivity index (χ1v) is 7.53. The van der Waals surface area contributed by atoms with Gasteiger partial charge in [-0.1, -0.05) is 19.1 Å². The Bertz CT molecular complexity index is 581. The molecule has 1 heterocycles. The molecule has 0 spiro atoms. The van der Waals surface area contributed by atoms with Crippen molar-refractivity contribution in [3.63, 3.8) is 0 Å². The quantitative estimate of drug-likeness (QED) is 0.821. The fourth-order valence-corrected chi connectivity index (χ4v) is 2.62. The topological polar surface area (TPSA) is 62.2 Å². The molecule has 0 aliphatic heterocycles. The summed E-state index contributed by atoms with van der Waals surface area (Å²) < 4.78 is 0. The average Bonchev–Trinajstić information content (AvgIpc) is 2.91. The molecule has 106 valence electrons. The Balaban J connectivity index is 1.92. The molecular weight excluding hydrogens is 272 g/mol. The van der Waals surface area contributed by atoms with Crippen LogP contribution in [-0.4, -0.2) is 16.1 Å². The van der Waals surface area contributed by atoms with Crippen LogP contribution in [0.4, 0.5) is 5.69 Å². The number of carboxylic acid groups (broad SMARTS) is 1. The number of carbonyl (C=O) groups is 1. The molecule has 0 aliphatic rings. The van der Waals surface area contributed by atoms with Gasteiger partial charge >= 0.3 is 5.97 Å². The van der Waals surface area contributed by atoms with Gasteiger partial charge in [0.25, 0.3) is 0 Å². The van der Waals surface area contributed by atoms with E-state index < -0.39 is 5.97 Å². The van der Waals surface area contributed by atoms with Gasteiger partial charge in [-0.05, 0) is 30.5 Å². The smallest absolute Gasteiger partial charge is 0.303 e. The second kappa shape index (κ2) is 7.05. The number of thiazole rings is 1. The Morgan fingerprint density at radius 3 is 3.00 bits per heavy atom. The number of nitrogens with one attached hydrogen (secondary N) is 1. The van der Waals surface area contributed by atoms with E-state index in [0.717, 1.165) is 28.4 Å². The number of carboxylic acids is 1. The number of hydrogen-bond acceptors (Lipinski definition) is 4. The molecular formula is C15H18N2O2S. The summed E-state index contributed by atoms with van der Waals surface area (Å²) in [5.41, 5.74) is 3.08. The van der Waals surface area contributed by atoms with E-state index in [4.69, 9.17) is 5.11 Å². The highest BCUT2D eigenvalue weighted by Gasteiger charge is 2.02. The van der Waals surface area contributed by atoms with Crippen molar-refractivity contribution in [3.05, 3.63) is 45.9 Å². The van der Waals surface area contributed by atoms with E-state index in [9.17, 15) is 4.79 Å². The van der Waals surface area contributed by atoms with Gasteiger partial charge in [-0.3, -0.25) is 4.79 Å². The first kappa shape index (κ1) is 14.5. The maximum Gasteiger partial charge on any atom is 0.303 e. The summed E-state index contributed by atoms with van der Waals surface area (Å²) in [6.07, 6.45) is 1.69. The Morgan fingerprint density at radius 1 is 1.45 bits per heavy atom. The highest BCUT2D eigenvalue weighted by Crippen LogP contribution is 2.15. The fraction of sp³-hybridized carbons (Fsp3) is 0.333. The molecule has 0 radical (unpaired) electrons. The van der Waals surface area contributed by atoms with Gasteiger partial charge < -0.3 is 10.4 Å². The van der Waals surface area contributed by atoms with Crippen molar-refractivity contribution in [2.75, 3.05) is 5.32 Å². The van der Waals surface area contributed by atoms with Gasteiger partial charge in [0.15, 0.2) is 0 Å². The third kappa shape index (κ3) is 4.35. The summed E-state index contributed by atoms with van der Waals surface area (Å²) >= 11 is 1.68. The lowest BCUT2D eigenvalue weighted by atomic mass is 10.1. The highest BCUT2D eigenvalue weighted by molar-refractivity contribution is 7.09. The first-order chi connectivity index (χ1) is 9.67. The molecule has 0 saturated carbocycles. The fourth-order valence-electron chi connectivity index (χ4n) is 1.87. The van der Waals surface area contributed by atoms with Crippen molar-refractivity contribution in [2.45, 2.75) is 32.7 Å². The zero-order valence-corrected chi connectivity index (χ0v) is 12.2. The van der Waals surface area contributed by atoms with Crippen LogP contribution < -0.4 is 5.32 Å². The normalized spacial score (nSPS) is 10.4. The van der Waals surface area contributed by atoms with Gasteiger partial charge in [-0.25, -0.2) is 4.98 Å². The Hall–Kier alpha value is -1.88. The molecule has 2 aromatic rings. The third-order valence-electron chi connectivity index (χ3n) is 2.93. The van der Waals surface area contributed by atoms with Crippen molar-refractivity contribution in [1.82, 2.24) is 4.98 Å². The number of aliphatic carboxylic acids is 1. The average molecular weight is 290 g/mol. The van der Waals surface area contributed by atoms with E-state index in [0.29, 0.717) is 13.0 Å². The lowest BCUT2D eigenvalue weighted by Gasteiger charge is -2.06. The summed E-state index contributed by atoms with van der Waals surface area (Å²) in [6.45, 7) is 2.79. The predicted octanol–water partition coefficient (Wildman–Crippen LogP) is 3.33. The van der Waals surface area contributed by atoms with Gasteiger partial charge in [0, 0.05) is 17.5 Å². The standard InChI is InChI=1S/C15H18N2O2S/c1-2-14-17-13(10-20-14)9-16-12-5-3-4-11(8-12)6-7-15(18)19/h3-5,8,10,16H,2,6-7,9H2,1H3,(H,18,19). The summed E-state index contributed by atoms with van der Waals surface area (Å²) in [4.78, 5) is 15.1. The van der Waals surface area contributed by atoms with Crippen molar-refractivity contribution in [1.29, 1.82) is 0 Å². The molecule has 20 heavy (non-hydrogen) atoms. The zero-order chi connectivity index (χ0) is 14.4. The molecule has 0 aliphatic carbocycles. The summed E-state index contributed by atoms with van der Waals surface area (Å²) in [6, 6.07) is 7.87. The van der Waals surface area contributed by atoms with Crippen LogP contribution >= 0.6 is 11.3 Å². The summed E-state index contributed by atoms with van der Waals surface area (Å²) in [7, 11) is 0. The van der Waals surface area contributed by atoms with E-state index in [1.54, 1.807) is 11.3 Å². The largest absolute Gasteiger partial charge is 0.481 e. The van der Waals surface area contributed by atoms with Gasteiger partial charge in [-0.2, -0.15) is 0 Å². The van der Waals surface area contributed by atoms with Crippen LogP contribution in [0, 0.1) is 0 Å². The molecule has 0 atom stereocenters. The van der Waals surface area contributed by atoms with Gasteiger partial charge in [0.05, 0.1) is 17.2 Å². The number of hydrogen-bond donors (Lipinski definition) is 2. The molecule has 2 rings (SSSR count). The van der Waals surface area contributed by atoms with Crippen LogP contribution in [0.15, 0.2) is 29.6 Å². The van der Waals surface area contributed by atoms with Crippen LogP contribution in [0.5, 0.6) is 0 Å². The minimum absolute atomic E-state index is 0.162. The molecule has 4 nitrogen and oxygen atoms in total. The lowest BCUT2D eigenvalue weighted by Crippen LogP contribution is -2.01. The second-order valence-electron chi connectivity index (χ2n) is 4.53. The molecule has 0 saturated heterocycles. The van der Waals surface area contributed by atoms with Crippen LogP contribution in [0.25, 0.3) is 0 Å². The number of rotatable bonds is 7. The van der Waals surface area contributed by atoms with Gasteiger partial charge in [0.2, 0.25) is 0 Å². The number of aromatic nitrogens is 1. The van der Waals surface area contributed by atoms with Crippen molar-refractivity contribution >= 4 is 23.0 Å². The van der Waals surface area contributed by atoms with Gasteiger partial charge in [0.1, 0.15) is 0 Å². The predicted molar refractivity (Wildman–Crippen MR) is 81.2 cm³/mol. The second-order valence-corrected chi connectivity index (χ2v) is 5.48. The SMILES string of the molecule is CCc1nc(CNc2cccc(CCC(=O)O)c2)cs1. The number of benzene rings is 1. The molecule has 0 unspecified atom stereocenters. The first-order valence-electron chi connectivity index (χ1n) is 6.65. The Kier molecular flexibility index (Phi) is 5.12.